The van der Waals surface area contributed by atoms with Crippen molar-refractivity contribution < 1.29 is 14.3 Å². The molecule has 0 bridgehead atoms. The van der Waals surface area contributed by atoms with E-state index in [1.807, 2.05) is 30.3 Å². The highest BCUT2D eigenvalue weighted by molar-refractivity contribution is 5.85. The zero-order valence-corrected chi connectivity index (χ0v) is 24.3. The summed E-state index contributed by atoms with van der Waals surface area (Å²) in [6, 6.07) is 16.2. The molecule has 9 nitrogen and oxygen atoms in total. The number of methoxy groups -OCH3 is 1. The molecule has 0 spiro atoms. The van der Waals surface area contributed by atoms with Gasteiger partial charge in [-0.15, -0.1) is 0 Å². The van der Waals surface area contributed by atoms with E-state index in [0.29, 0.717) is 18.5 Å². The molecule has 0 aliphatic carbocycles. The molecule has 0 amide bonds. The van der Waals surface area contributed by atoms with Gasteiger partial charge in [0.1, 0.15) is 18.2 Å². The van der Waals surface area contributed by atoms with Gasteiger partial charge in [0, 0.05) is 51.4 Å². The molecule has 0 unspecified atom stereocenters. The van der Waals surface area contributed by atoms with Gasteiger partial charge in [-0.3, -0.25) is 18.7 Å². The normalized spacial score (nSPS) is 16.2. The summed E-state index contributed by atoms with van der Waals surface area (Å²) in [4.78, 5) is 41.1. The van der Waals surface area contributed by atoms with Gasteiger partial charge in [-0.25, -0.2) is 4.79 Å². The first kappa shape index (κ1) is 28.4. The fourth-order valence-electron chi connectivity index (χ4n) is 5.85. The second kappa shape index (κ2) is 12.2. The molecular weight excluding hydrogens is 520 g/mol. The second-order valence-corrected chi connectivity index (χ2v) is 10.9. The molecule has 1 saturated heterocycles. The van der Waals surface area contributed by atoms with Gasteiger partial charge in [0.05, 0.1) is 13.5 Å². The number of benzene rings is 2. The Hall–Kier alpha value is -4.11. The summed E-state index contributed by atoms with van der Waals surface area (Å²) < 4.78 is 13.8. The lowest BCUT2D eigenvalue weighted by atomic mass is 9.92. The average Bonchev–Trinajstić information content (AvgIpc) is 3.14. The first-order chi connectivity index (χ1) is 19.8. The Bertz CT molecular complexity index is 1580. The van der Waals surface area contributed by atoms with Gasteiger partial charge in [-0.1, -0.05) is 36.4 Å². The Balaban J connectivity index is 1.30. The third kappa shape index (κ3) is 6.00. The molecular formula is C32H38N4O5. The molecule has 5 rings (SSSR count). The smallest absolute Gasteiger partial charge is 0.332 e. The summed E-state index contributed by atoms with van der Waals surface area (Å²) >= 11 is 0. The van der Waals surface area contributed by atoms with Gasteiger partial charge in [-0.2, -0.15) is 0 Å². The summed E-state index contributed by atoms with van der Waals surface area (Å²) in [5.41, 5.74) is 4.71. The lowest BCUT2D eigenvalue weighted by Crippen LogP contribution is -2.46. The van der Waals surface area contributed by atoms with Crippen molar-refractivity contribution >= 4 is 17.4 Å². The van der Waals surface area contributed by atoms with E-state index in [-0.39, 0.29) is 23.6 Å². The first-order valence-electron chi connectivity index (χ1n) is 14.1. The molecule has 2 aromatic carbocycles. The summed E-state index contributed by atoms with van der Waals surface area (Å²) in [5.74, 6) is 1.23. The third-order valence-electron chi connectivity index (χ3n) is 8.34. The maximum atomic E-state index is 12.4. The Labute approximate surface area is 240 Å². The zero-order valence-electron chi connectivity index (χ0n) is 24.3. The number of hydrogen-bond donors (Lipinski definition) is 0. The molecule has 1 fully saturated rings. The Morgan fingerprint density at radius 1 is 1.05 bits per heavy atom. The second-order valence-electron chi connectivity index (χ2n) is 10.9. The lowest BCUT2D eigenvalue weighted by Gasteiger charge is -2.38. The van der Waals surface area contributed by atoms with Crippen LogP contribution in [0.4, 0.5) is 5.82 Å². The Kier molecular flexibility index (Phi) is 8.44. The molecule has 216 valence electrons. The van der Waals surface area contributed by atoms with Crippen LogP contribution >= 0.6 is 0 Å². The van der Waals surface area contributed by atoms with Crippen molar-refractivity contribution in [1.29, 1.82) is 0 Å². The largest absolute Gasteiger partial charge is 0.488 e. The number of carbonyl (C=O) groups is 1. The minimum atomic E-state index is -0.302. The Morgan fingerprint density at radius 3 is 2.56 bits per heavy atom. The summed E-state index contributed by atoms with van der Waals surface area (Å²) in [6.07, 6.45) is 5.26. The van der Waals surface area contributed by atoms with Crippen LogP contribution in [0.5, 0.6) is 5.75 Å². The SMILES string of the molecule is COC(=O)Cc1ccc2c(c1)/C(=C\CCN(C)C1CCN(c3cc(=O)n(C)c(=O)n3C)CC1)c1ccccc1CO2. The van der Waals surface area contributed by atoms with Crippen LogP contribution < -0.4 is 20.9 Å². The molecule has 9 heteroatoms. The number of esters is 1. The quantitative estimate of drug-likeness (QED) is 0.412. The predicted octanol–water partition coefficient (Wildman–Crippen LogP) is 3.11. The number of anilines is 1. The van der Waals surface area contributed by atoms with Gasteiger partial charge in [-0.05, 0) is 60.7 Å². The van der Waals surface area contributed by atoms with Gasteiger partial charge in [0.15, 0.2) is 0 Å². The molecule has 3 aromatic rings. The highest BCUT2D eigenvalue weighted by Crippen LogP contribution is 2.37. The summed E-state index contributed by atoms with van der Waals surface area (Å²) in [5, 5.41) is 0. The molecule has 0 atom stereocenters. The van der Waals surface area contributed by atoms with Crippen molar-refractivity contribution in [2.24, 2.45) is 14.1 Å². The van der Waals surface area contributed by atoms with Crippen molar-refractivity contribution in [2.45, 2.75) is 38.3 Å². The molecule has 0 radical (unpaired) electrons. The number of hydrogen-bond acceptors (Lipinski definition) is 7. The fraction of sp³-hybridized carbons (Fsp3) is 0.406. The minimum absolute atomic E-state index is 0.214. The van der Waals surface area contributed by atoms with Crippen LogP contribution in [-0.4, -0.2) is 59.8 Å². The number of rotatable bonds is 7. The highest BCUT2D eigenvalue weighted by atomic mass is 16.5. The molecule has 41 heavy (non-hydrogen) atoms. The van der Waals surface area contributed by atoms with Crippen LogP contribution in [0.25, 0.3) is 5.57 Å². The third-order valence-corrected chi connectivity index (χ3v) is 8.34. The monoisotopic (exact) mass is 558 g/mol. The van der Waals surface area contributed by atoms with Crippen LogP contribution in [0.15, 0.2) is 64.2 Å². The van der Waals surface area contributed by atoms with Crippen LogP contribution in [0.3, 0.4) is 0 Å². The number of aromatic nitrogens is 2. The van der Waals surface area contributed by atoms with E-state index in [1.54, 1.807) is 17.7 Å². The van der Waals surface area contributed by atoms with E-state index < -0.39 is 0 Å². The van der Waals surface area contributed by atoms with E-state index in [4.69, 9.17) is 9.47 Å². The van der Waals surface area contributed by atoms with E-state index >= 15 is 0 Å². The summed E-state index contributed by atoms with van der Waals surface area (Å²) in [6.45, 7) is 2.96. The number of ether oxygens (including phenoxy) is 2. The number of carbonyl (C=O) groups excluding carboxylic acids is 1. The maximum Gasteiger partial charge on any atom is 0.332 e. The molecule has 0 N–H and O–H groups in total. The topological polar surface area (TPSA) is 86.0 Å². The van der Waals surface area contributed by atoms with Crippen molar-refractivity contribution in [3.63, 3.8) is 0 Å². The standard InChI is InChI=1S/C32H38N4O5/c1-33(24-13-16-36(17-14-24)29-20-30(37)35(3)32(39)34(29)2)15-7-10-26-25-9-6-5-8-23(25)21-41-28-12-11-22(18-27(26)28)19-31(38)40-4/h5-6,8-12,18,20,24H,7,13-17,19,21H2,1-4H3/b26-10-. The number of nitrogens with zero attached hydrogens (tertiary/aromatic N) is 4. The lowest BCUT2D eigenvalue weighted by molar-refractivity contribution is -0.139. The van der Waals surface area contributed by atoms with Crippen molar-refractivity contribution in [3.05, 3.63) is 97.7 Å². The zero-order chi connectivity index (χ0) is 29.1. The molecule has 2 aliphatic heterocycles. The van der Waals surface area contributed by atoms with Crippen LogP contribution in [-0.2, 0) is 36.7 Å². The van der Waals surface area contributed by atoms with E-state index in [0.717, 1.165) is 77.0 Å². The number of piperidine rings is 1. The van der Waals surface area contributed by atoms with E-state index in [2.05, 4.69) is 35.1 Å². The van der Waals surface area contributed by atoms with E-state index in [9.17, 15) is 14.4 Å². The van der Waals surface area contributed by atoms with Crippen molar-refractivity contribution in [3.8, 4) is 5.75 Å². The molecule has 1 aromatic heterocycles. The Morgan fingerprint density at radius 2 is 1.80 bits per heavy atom. The van der Waals surface area contributed by atoms with Crippen molar-refractivity contribution in [2.75, 3.05) is 38.7 Å². The average molecular weight is 559 g/mol. The molecule has 2 aliphatic rings. The van der Waals surface area contributed by atoms with Crippen LogP contribution in [0.2, 0.25) is 0 Å². The first-order valence-corrected chi connectivity index (χ1v) is 14.1. The highest BCUT2D eigenvalue weighted by Gasteiger charge is 2.25. The predicted molar refractivity (Wildman–Crippen MR) is 159 cm³/mol. The van der Waals surface area contributed by atoms with E-state index in [1.165, 1.54) is 14.2 Å². The van der Waals surface area contributed by atoms with Crippen LogP contribution in [0.1, 0.15) is 41.5 Å². The van der Waals surface area contributed by atoms with Crippen molar-refractivity contribution in [1.82, 2.24) is 14.0 Å². The van der Waals surface area contributed by atoms with Gasteiger partial charge in [0.25, 0.3) is 5.56 Å². The number of fused-ring (bicyclic) bond motifs is 2. The fourth-order valence-corrected chi connectivity index (χ4v) is 5.85. The maximum absolute atomic E-state index is 12.4. The molecule has 0 saturated carbocycles. The molecule has 3 heterocycles. The van der Waals surface area contributed by atoms with Gasteiger partial charge in [0.2, 0.25) is 0 Å². The van der Waals surface area contributed by atoms with Crippen LogP contribution in [0, 0.1) is 0 Å². The van der Waals surface area contributed by atoms with Gasteiger partial charge >= 0.3 is 11.7 Å². The van der Waals surface area contributed by atoms with Gasteiger partial charge < -0.3 is 19.3 Å². The summed E-state index contributed by atoms with van der Waals surface area (Å²) in [7, 11) is 6.80. The minimum Gasteiger partial charge on any atom is -0.488 e.